The number of benzene rings is 3. The average molecular weight is 473 g/mol. The second-order valence-corrected chi connectivity index (χ2v) is 8.98. The number of carbonyl (C=O) groups is 3. The van der Waals surface area contributed by atoms with Crippen LogP contribution < -0.4 is 4.74 Å². The lowest BCUT2D eigenvalue weighted by atomic mass is 10.1. The van der Waals surface area contributed by atoms with Gasteiger partial charge in [-0.3, -0.25) is 14.4 Å². The SMILES string of the molecule is O=C1/C(=C/c2ccc(OCc3ccccc3)cc2)SC(=S)N1N1C(=O)c2ccccc2C1=O. The highest BCUT2D eigenvalue weighted by molar-refractivity contribution is 8.26. The third-order valence-corrected chi connectivity index (χ3v) is 6.46. The predicted octanol–water partition coefficient (Wildman–Crippen LogP) is 4.68. The minimum Gasteiger partial charge on any atom is -0.489 e. The molecule has 1 saturated heterocycles. The molecular formula is C25H16N2O4S2. The van der Waals surface area contributed by atoms with Gasteiger partial charge in [-0.25, -0.2) is 0 Å². The van der Waals surface area contributed by atoms with Crippen molar-refractivity contribution in [2.75, 3.05) is 0 Å². The Labute approximate surface area is 199 Å². The molecule has 0 bridgehead atoms. The quantitative estimate of drug-likeness (QED) is 0.305. The van der Waals surface area contributed by atoms with Gasteiger partial charge in [0, 0.05) is 0 Å². The molecule has 3 aromatic carbocycles. The summed E-state index contributed by atoms with van der Waals surface area (Å²) in [6, 6.07) is 23.6. The Bertz CT molecular complexity index is 1280. The van der Waals surface area contributed by atoms with Crippen molar-refractivity contribution < 1.29 is 19.1 Å². The molecule has 1 fully saturated rings. The number of thiocarbonyl (C=S) groups is 1. The molecule has 0 spiro atoms. The van der Waals surface area contributed by atoms with E-state index in [0.29, 0.717) is 17.3 Å². The molecule has 0 radical (unpaired) electrons. The van der Waals surface area contributed by atoms with Crippen LogP contribution in [0.1, 0.15) is 31.8 Å². The summed E-state index contributed by atoms with van der Waals surface area (Å²) in [5.41, 5.74) is 2.35. The number of hydrogen-bond acceptors (Lipinski definition) is 6. The molecule has 2 aliphatic heterocycles. The molecule has 2 aliphatic rings. The summed E-state index contributed by atoms with van der Waals surface area (Å²) in [5.74, 6) is -0.931. The van der Waals surface area contributed by atoms with Crippen molar-refractivity contribution in [3.63, 3.8) is 0 Å². The molecule has 0 aliphatic carbocycles. The standard InChI is InChI=1S/C25H16N2O4S2/c28-22-19-8-4-5-9-20(19)23(29)26(22)27-24(30)21(33-25(27)32)14-16-10-12-18(13-11-16)31-15-17-6-2-1-3-7-17/h1-14H,15H2/b21-14-. The van der Waals surface area contributed by atoms with Gasteiger partial charge in [0.1, 0.15) is 12.4 Å². The molecule has 8 heteroatoms. The number of hydrogen-bond donors (Lipinski definition) is 0. The van der Waals surface area contributed by atoms with E-state index >= 15 is 0 Å². The highest BCUT2D eigenvalue weighted by atomic mass is 32.2. The fraction of sp³-hybridized carbons (Fsp3) is 0.0400. The van der Waals surface area contributed by atoms with E-state index in [0.717, 1.165) is 32.9 Å². The van der Waals surface area contributed by atoms with Gasteiger partial charge in [0.15, 0.2) is 4.32 Å². The van der Waals surface area contributed by atoms with Gasteiger partial charge in [0.05, 0.1) is 16.0 Å². The summed E-state index contributed by atoms with van der Waals surface area (Å²) in [6.45, 7) is 0.457. The molecule has 5 rings (SSSR count). The fourth-order valence-corrected chi connectivity index (χ4v) is 4.78. The first-order valence-corrected chi connectivity index (χ1v) is 11.3. The maximum absolute atomic E-state index is 13.1. The van der Waals surface area contributed by atoms with E-state index in [4.69, 9.17) is 17.0 Å². The van der Waals surface area contributed by atoms with Gasteiger partial charge in [-0.2, -0.15) is 10.0 Å². The van der Waals surface area contributed by atoms with E-state index in [1.54, 1.807) is 30.3 Å². The summed E-state index contributed by atoms with van der Waals surface area (Å²) in [4.78, 5) is 38.9. The van der Waals surface area contributed by atoms with E-state index < -0.39 is 17.7 Å². The van der Waals surface area contributed by atoms with Crippen molar-refractivity contribution in [2.24, 2.45) is 0 Å². The lowest BCUT2D eigenvalue weighted by Crippen LogP contribution is -2.48. The van der Waals surface area contributed by atoms with Crippen LogP contribution in [0.25, 0.3) is 6.08 Å². The third-order valence-electron chi connectivity index (χ3n) is 5.17. The van der Waals surface area contributed by atoms with Gasteiger partial charge in [0.2, 0.25) is 0 Å². The fourth-order valence-electron chi connectivity index (χ4n) is 3.54. The normalized spacial score (nSPS) is 16.7. The van der Waals surface area contributed by atoms with Crippen LogP contribution in [0.5, 0.6) is 5.75 Å². The average Bonchev–Trinajstić information content (AvgIpc) is 3.25. The van der Waals surface area contributed by atoms with Gasteiger partial charge >= 0.3 is 0 Å². The van der Waals surface area contributed by atoms with Crippen LogP contribution in [-0.2, 0) is 11.4 Å². The van der Waals surface area contributed by atoms with Crippen LogP contribution >= 0.6 is 24.0 Å². The lowest BCUT2D eigenvalue weighted by molar-refractivity contribution is -0.128. The number of nitrogens with zero attached hydrogens (tertiary/aromatic N) is 2. The van der Waals surface area contributed by atoms with Crippen LogP contribution in [0.2, 0.25) is 0 Å². The van der Waals surface area contributed by atoms with E-state index in [9.17, 15) is 14.4 Å². The van der Waals surface area contributed by atoms with Crippen LogP contribution in [0.15, 0.2) is 83.8 Å². The first kappa shape index (κ1) is 21.1. The number of ether oxygens (including phenoxy) is 1. The maximum atomic E-state index is 13.1. The molecule has 6 nitrogen and oxygen atoms in total. The number of rotatable bonds is 5. The Morgan fingerprint density at radius 3 is 2.00 bits per heavy atom. The molecule has 3 aromatic rings. The number of imide groups is 1. The molecule has 0 saturated carbocycles. The van der Waals surface area contributed by atoms with Crippen molar-refractivity contribution in [1.82, 2.24) is 10.0 Å². The van der Waals surface area contributed by atoms with Crippen LogP contribution in [0.4, 0.5) is 0 Å². The Hall–Kier alpha value is -3.75. The highest BCUT2D eigenvalue weighted by Gasteiger charge is 2.46. The van der Waals surface area contributed by atoms with Crippen LogP contribution in [-0.4, -0.2) is 32.1 Å². The largest absolute Gasteiger partial charge is 0.489 e. The molecule has 162 valence electrons. The van der Waals surface area contributed by atoms with E-state index in [2.05, 4.69) is 0 Å². The van der Waals surface area contributed by atoms with Crippen molar-refractivity contribution in [1.29, 1.82) is 0 Å². The van der Waals surface area contributed by atoms with Crippen molar-refractivity contribution in [3.8, 4) is 5.75 Å². The zero-order valence-electron chi connectivity index (χ0n) is 17.1. The van der Waals surface area contributed by atoms with E-state index in [1.165, 1.54) is 0 Å². The summed E-state index contributed by atoms with van der Waals surface area (Å²) in [6.07, 6.45) is 1.68. The maximum Gasteiger partial charge on any atom is 0.285 e. The van der Waals surface area contributed by atoms with Crippen LogP contribution in [0, 0.1) is 0 Å². The number of thioether (sulfide) groups is 1. The summed E-state index contributed by atoms with van der Waals surface area (Å²) >= 11 is 6.38. The molecule has 0 N–H and O–H groups in total. The van der Waals surface area contributed by atoms with Crippen molar-refractivity contribution in [3.05, 3.63) is 106 Å². The second kappa shape index (κ2) is 8.65. The zero-order chi connectivity index (χ0) is 22.9. The van der Waals surface area contributed by atoms with Gasteiger partial charge in [-0.1, -0.05) is 66.4 Å². The lowest BCUT2D eigenvalue weighted by Gasteiger charge is -2.23. The second-order valence-electron chi connectivity index (χ2n) is 7.30. The highest BCUT2D eigenvalue weighted by Crippen LogP contribution is 2.36. The third kappa shape index (κ3) is 3.94. The number of amides is 3. The summed E-state index contributed by atoms with van der Waals surface area (Å²) < 4.78 is 5.92. The molecule has 2 heterocycles. The minimum atomic E-state index is -0.562. The monoisotopic (exact) mass is 472 g/mol. The smallest absolute Gasteiger partial charge is 0.285 e. The van der Waals surface area contributed by atoms with Gasteiger partial charge < -0.3 is 4.74 Å². The first-order chi connectivity index (χ1) is 16.0. The van der Waals surface area contributed by atoms with E-state index in [1.807, 2.05) is 54.6 Å². The van der Waals surface area contributed by atoms with Crippen molar-refractivity contribution >= 4 is 52.1 Å². The molecule has 3 amide bonds. The van der Waals surface area contributed by atoms with Gasteiger partial charge in [0.25, 0.3) is 17.7 Å². The Morgan fingerprint density at radius 1 is 0.758 bits per heavy atom. The minimum absolute atomic E-state index is 0.128. The number of carbonyl (C=O) groups excluding carboxylic acids is 3. The Morgan fingerprint density at radius 2 is 1.36 bits per heavy atom. The molecule has 0 aromatic heterocycles. The Kier molecular flexibility index (Phi) is 5.53. The van der Waals surface area contributed by atoms with Gasteiger partial charge in [-0.15, -0.1) is 0 Å². The zero-order valence-corrected chi connectivity index (χ0v) is 18.8. The molecule has 0 atom stereocenters. The Balaban J connectivity index is 1.31. The van der Waals surface area contributed by atoms with Crippen molar-refractivity contribution in [2.45, 2.75) is 6.61 Å². The van der Waals surface area contributed by atoms with E-state index in [-0.39, 0.29) is 15.4 Å². The first-order valence-electron chi connectivity index (χ1n) is 10.1. The number of hydrazine groups is 1. The predicted molar refractivity (Wildman–Crippen MR) is 129 cm³/mol. The summed E-state index contributed by atoms with van der Waals surface area (Å²) in [5, 5.41) is 1.80. The molecular weight excluding hydrogens is 456 g/mol. The van der Waals surface area contributed by atoms with Gasteiger partial charge in [-0.05, 0) is 53.7 Å². The van der Waals surface area contributed by atoms with Crippen LogP contribution in [0.3, 0.4) is 0 Å². The number of fused-ring (bicyclic) bond motifs is 1. The topological polar surface area (TPSA) is 66.9 Å². The summed E-state index contributed by atoms with van der Waals surface area (Å²) in [7, 11) is 0. The molecule has 0 unspecified atom stereocenters. The molecule has 33 heavy (non-hydrogen) atoms.